The van der Waals surface area contributed by atoms with Gasteiger partial charge in [-0.1, -0.05) is 24.3 Å². The van der Waals surface area contributed by atoms with Crippen LogP contribution in [-0.4, -0.2) is 43.5 Å². The summed E-state index contributed by atoms with van der Waals surface area (Å²) in [6.07, 6.45) is 1.04. The van der Waals surface area contributed by atoms with Crippen LogP contribution in [0.25, 0.3) is 0 Å². The monoisotopic (exact) mass is 409 g/mol. The first-order chi connectivity index (χ1) is 14.4. The van der Waals surface area contributed by atoms with Crippen molar-refractivity contribution in [2.75, 3.05) is 20.8 Å². The first-order valence-electron chi connectivity index (χ1n) is 8.87. The lowest BCUT2D eigenvalue weighted by Gasteiger charge is -2.35. The lowest BCUT2D eigenvalue weighted by atomic mass is 9.68. The second-order valence-corrected chi connectivity index (χ2v) is 6.47. The van der Waals surface area contributed by atoms with Gasteiger partial charge < -0.3 is 24.8 Å². The van der Waals surface area contributed by atoms with Crippen LogP contribution < -0.4 is 10.5 Å². The van der Waals surface area contributed by atoms with Gasteiger partial charge in [-0.25, -0.2) is 4.79 Å². The number of fused-ring (bicyclic) bond motifs is 2. The normalized spacial score (nSPS) is 19.9. The van der Waals surface area contributed by atoms with Gasteiger partial charge in [0.05, 0.1) is 26.2 Å². The maximum Gasteiger partial charge on any atom is 0.337 e. The van der Waals surface area contributed by atoms with Crippen molar-refractivity contribution in [2.24, 2.45) is 5.73 Å². The van der Waals surface area contributed by atoms with Crippen molar-refractivity contribution in [1.29, 1.82) is 5.26 Å². The van der Waals surface area contributed by atoms with Gasteiger partial charge in [-0.15, -0.1) is 6.58 Å². The molecule has 1 aromatic rings. The van der Waals surface area contributed by atoms with Crippen LogP contribution in [0.15, 0.2) is 59.6 Å². The summed E-state index contributed by atoms with van der Waals surface area (Å²) in [4.78, 5) is 40.2. The Labute approximate surface area is 172 Å². The van der Waals surface area contributed by atoms with E-state index in [1.54, 1.807) is 24.3 Å². The van der Waals surface area contributed by atoms with Crippen LogP contribution in [0.3, 0.4) is 0 Å². The molecule has 154 valence electrons. The number of rotatable bonds is 5. The number of nitriles is 1. The van der Waals surface area contributed by atoms with E-state index in [-0.39, 0.29) is 40.6 Å². The summed E-state index contributed by atoms with van der Waals surface area (Å²) >= 11 is 0. The molecule has 2 N–H and O–H groups in total. The molecular weight excluding hydrogens is 390 g/mol. The Morgan fingerprint density at radius 1 is 1.33 bits per heavy atom. The molecule has 1 spiro atoms. The summed E-state index contributed by atoms with van der Waals surface area (Å²) in [5.41, 5.74) is 3.92. The Morgan fingerprint density at radius 2 is 2.03 bits per heavy atom. The Balaban J connectivity index is 2.48. The van der Waals surface area contributed by atoms with Crippen LogP contribution >= 0.6 is 0 Å². The number of benzene rings is 1. The minimum atomic E-state index is -1.92. The van der Waals surface area contributed by atoms with Crippen LogP contribution in [0.2, 0.25) is 0 Å². The smallest absolute Gasteiger partial charge is 0.337 e. The molecule has 2 heterocycles. The van der Waals surface area contributed by atoms with Crippen LogP contribution in [0.5, 0.6) is 5.75 Å². The van der Waals surface area contributed by atoms with Crippen molar-refractivity contribution < 1.29 is 28.6 Å². The number of methoxy groups -OCH3 is 2. The number of carbonyl (C=O) groups excluding carboxylic acids is 3. The summed E-state index contributed by atoms with van der Waals surface area (Å²) in [5.74, 6) is -2.31. The molecule has 0 aliphatic carbocycles. The predicted octanol–water partition coefficient (Wildman–Crippen LogP) is 1.03. The third-order valence-electron chi connectivity index (χ3n) is 5.04. The summed E-state index contributed by atoms with van der Waals surface area (Å²) in [6, 6.07) is 8.34. The number of nitrogens with zero attached hydrogens (tertiary/aromatic N) is 2. The molecule has 0 radical (unpaired) electrons. The summed E-state index contributed by atoms with van der Waals surface area (Å²) < 4.78 is 15.2. The van der Waals surface area contributed by atoms with E-state index in [4.69, 9.17) is 19.9 Å². The van der Waals surface area contributed by atoms with Crippen molar-refractivity contribution in [2.45, 2.75) is 11.8 Å². The zero-order valence-electron chi connectivity index (χ0n) is 16.4. The van der Waals surface area contributed by atoms with E-state index in [1.165, 1.54) is 18.1 Å². The molecular formula is C21H19N3O6. The lowest BCUT2D eigenvalue weighted by Crippen LogP contribution is -2.47. The quantitative estimate of drug-likeness (QED) is 0.563. The maximum absolute atomic E-state index is 13.8. The number of hydrogen-bond donors (Lipinski definition) is 1. The molecule has 9 heteroatoms. The fraction of sp³-hybridized carbons (Fsp3) is 0.238. The molecule has 1 atom stereocenters. The Kier molecular flexibility index (Phi) is 5.34. The lowest BCUT2D eigenvalue weighted by molar-refractivity contribution is -0.140. The third-order valence-corrected chi connectivity index (χ3v) is 5.04. The van der Waals surface area contributed by atoms with Crippen molar-refractivity contribution in [3.63, 3.8) is 0 Å². The minimum Gasteiger partial charge on any atom is -0.469 e. The highest BCUT2D eigenvalue weighted by molar-refractivity contribution is 6.13. The van der Waals surface area contributed by atoms with E-state index in [1.807, 2.05) is 6.07 Å². The number of para-hydroxylation sites is 1. The van der Waals surface area contributed by atoms with Gasteiger partial charge in [-0.2, -0.15) is 5.26 Å². The standard InChI is InChI=1S/C21H19N3O6/c1-4-9-24-14(10-16(25)28-2)17(19(26)29-3)21(20(24)27)12-7-5-6-8-15(12)30-18(23)13(21)11-22/h4-8H,1,9-10,23H2,2-3H3. The molecule has 0 bridgehead atoms. The van der Waals surface area contributed by atoms with Crippen LogP contribution in [0, 0.1) is 11.3 Å². The molecule has 0 aromatic heterocycles. The first-order valence-corrected chi connectivity index (χ1v) is 8.87. The summed E-state index contributed by atoms with van der Waals surface area (Å²) in [6.45, 7) is 3.62. The fourth-order valence-electron chi connectivity index (χ4n) is 3.85. The molecule has 1 aromatic carbocycles. The number of esters is 2. The number of hydrogen-bond acceptors (Lipinski definition) is 8. The van der Waals surface area contributed by atoms with E-state index in [2.05, 4.69) is 6.58 Å². The van der Waals surface area contributed by atoms with Gasteiger partial charge in [-0.3, -0.25) is 9.59 Å². The second-order valence-electron chi connectivity index (χ2n) is 6.47. The number of amides is 1. The number of carbonyl (C=O) groups is 3. The average molecular weight is 409 g/mol. The molecule has 9 nitrogen and oxygen atoms in total. The molecule has 0 fully saturated rings. The van der Waals surface area contributed by atoms with Crippen LogP contribution in [0.4, 0.5) is 0 Å². The van der Waals surface area contributed by atoms with Gasteiger partial charge in [0.2, 0.25) is 11.8 Å². The molecule has 0 saturated heterocycles. The average Bonchev–Trinajstić information content (AvgIpc) is 2.97. The predicted molar refractivity (Wildman–Crippen MR) is 103 cm³/mol. The van der Waals surface area contributed by atoms with Crippen molar-refractivity contribution in [1.82, 2.24) is 4.90 Å². The largest absolute Gasteiger partial charge is 0.469 e. The van der Waals surface area contributed by atoms with Crippen molar-refractivity contribution in [3.8, 4) is 11.8 Å². The highest BCUT2D eigenvalue weighted by atomic mass is 16.5. The molecule has 0 saturated carbocycles. The van der Waals surface area contributed by atoms with Crippen molar-refractivity contribution in [3.05, 3.63) is 65.2 Å². The molecule has 3 rings (SSSR count). The van der Waals surface area contributed by atoms with Gasteiger partial charge in [0.25, 0.3) is 0 Å². The van der Waals surface area contributed by atoms with Gasteiger partial charge in [0.15, 0.2) is 5.41 Å². The molecule has 2 aliphatic heterocycles. The topological polar surface area (TPSA) is 132 Å². The maximum atomic E-state index is 13.8. The van der Waals surface area contributed by atoms with Gasteiger partial charge in [-0.05, 0) is 6.07 Å². The third kappa shape index (κ3) is 2.73. The fourth-order valence-corrected chi connectivity index (χ4v) is 3.85. The minimum absolute atomic E-state index is 0.0188. The van der Waals surface area contributed by atoms with Crippen LogP contribution in [-0.2, 0) is 29.3 Å². The summed E-state index contributed by atoms with van der Waals surface area (Å²) in [7, 11) is 2.33. The molecule has 2 aliphatic rings. The molecule has 1 unspecified atom stereocenters. The number of ether oxygens (including phenoxy) is 3. The second kappa shape index (κ2) is 7.75. The van der Waals surface area contributed by atoms with E-state index in [0.717, 1.165) is 7.11 Å². The van der Waals surface area contributed by atoms with Gasteiger partial charge >= 0.3 is 11.9 Å². The Morgan fingerprint density at radius 3 is 2.63 bits per heavy atom. The zero-order chi connectivity index (χ0) is 22.1. The summed E-state index contributed by atoms with van der Waals surface area (Å²) in [5, 5.41) is 9.91. The Hall–Kier alpha value is -4.06. The highest BCUT2D eigenvalue weighted by Gasteiger charge is 2.62. The highest BCUT2D eigenvalue weighted by Crippen LogP contribution is 2.54. The molecule has 30 heavy (non-hydrogen) atoms. The van der Waals surface area contributed by atoms with Crippen LogP contribution in [0.1, 0.15) is 12.0 Å². The first kappa shape index (κ1) is 20.7. The Bertz CT molecular complexity index is 1060. The SMILES string of the molecule is C=CCN1C(=O)C2(C(C#N)=C(N)Oc3ccccc32)C(C(=O)OC)=C1CC(=O)OC. The van der Waals surface area contributed by atoms with Crippen molar-refractivity contribution >= 4 is 17.8 Å². The number of nitrogens with two attached hydrogens (primary N) is 1. The van der Waals surface area contributed by atoms with E-state index < -0.39 is 29.7 Å². The molecule has 1 amide bonds. The van der Waals surface area contributed by atoms with E-state index >= 15 is 0 Å². The van der Waals surface area contributed by atoms with E-state index in [0.29, 0.717) is 0 Å². The van der Waals surface area contributed by atoms with Gasteiger partial charge in [0, 0.05) is 17.8 Å². The van der Waals surface area contributed by atoms with E-state index in [9.17, 15) is 19.6 Å². The zero-order valence-corrected chi connectivity index (χ0v) is 16.4. The van der Waals surface area contributed by atoms with Gasteiger partial charge in [0.1, 0.15) is 17.4 Å².